The summed E-state index contributed by atoms with van der Waals surface area (Å²) in [5.74, 6) is 0.834. The number of carbonyl (C=O) groups excluding carboxylic acids is 1. The first-order valence-corrected chi connectivity index (χ1v) is 11.9. The third kappa shape index (κ3) is 4.49. The van der Waals surface area contributed by atoms with Crippen LogP contribution in [0, 0.1) is 0 Å². The number of nitrogens with zero attached hydrogens (tertiary/aromatic N) is 4. The number of anilines is 1. The summed E-state index contributed by atoms with van der Waals surface area (Å²) in [4.78, 5) is 28.5. The number of fused-ring (bicyclic) bond motifs is 3. The van der Waals surface area contributed by atoms with E-state index in [4.69, 9.17) is 10.7 Å². The van der Waals surface area contributed by atoms with E-state index in [0.29, 0.717) is 44.4 Å². The third-order valence-electron chi connectivity index (χ3n) is 6.25. The maximum Gasteiger partial charge on any atom is 0.387 e. The molecular weight excluding hydrogens is 448 g/mol. The Balaban J connectivity index is 1.25. The van der Waals surface area contributed by atoms with Gasteiger partial charge in [-0.3, -0.25) is 9.69 Å². The number of thiophene rings is 1. The molecule has 1 fully saturated rings. The van der Waals surface area contributed by atoms with Crippen molar-refractivity contribution in [3.05, 3.63) is 46.1 Å². The van der Waals surface area contributed by atoms with Crippen LogP contribution in [0.1, 0.15) is 39.5 Å². The summed E-state index contributed by atoms with van der Waals surface area (Å²) in [7, 11) is 0. The monoisotopic (exact) mass is 473 g/mol. The minimum absolute atomic E-state index is 0.101. The zero-order valence-electron chi connectivity index (χ0n) is 18.1. The zero-order chi connectivity index (χ0) is 22.9. The highest BCUT2D eigenvalue weighted by Crippen LogP contribution is 2.37. The van der Waals surface area contributed by atoms with Crippen molar-refractivity contribution in [2.45, 2.75) is 38.8 Å². The summed E-state index contributed by atoms with van der Waals surface area (Å²) < 4.78 is 29.9. The molecule has 3 aromatic rings. The van der Waals surface area contributed by atoms with Gasteiger partial charge in [0, 0.05) is 31.1 Å². The van der Waals surface area contributed by atoms with Crippen molar-refractivity contribution in [3.63, 3.8) is 0 Å². The van der Waals surface area contributed by atoms with Crippen molar-refractivity contribution in [1.82, 2.24) is 19.8 Å². The second kappa shape index (κ2) is 9.18. The van der Waals surface area contributed by atoms with E-state index in [1.807, 2.05) is 0 Å². The Bertz CT molecular complexity index is 1180. The number of carbonyl (C=O) groups is 1. The van der Waals surface area contributed by atoms with E-state index in [9.17, 15) is 13.6 Å². The lowest BCUT2D eigenvalue weighted by Crippen LogP contribution is -2.48. The molecule has 1 aliphatic heterocycles. The van der Waals surface area contributed by atoms with Gasteiger partial charge >= 0.3 is 6.61 Å². The Morgan fingerprint density at radius 1 is 1.12 bits per heavy atom. The number of aromatic nitrogens is 2. The minimum atomic E-state index is -2.98. The average Bonchev–Trinajstić information content (AvgIpc) is 3.18. The van der Waals surface area contributed by atoms with Crippen molar-refractivity contribution in [2.24, 2.45) is 0 Å². The second-order valence-electron chi connectivity index (χ2n) is 8.36. The highest BCUT2D eigenvalue weighted by Gasteiger charge is 2.26. The lowest BCUT2D eigenvalue weighted by atomic mass is 9.97. The quantitative estimate of drug-likeness (QED) is 0.608. The summed E-state index contributed by atoms with van der Waals surface area (Å²) in [5, 5.41) is 1.03. The fourth-order valence-corrected chi connectivity index (χ4v) is 5.91. The molecule has 1 aromatic carbocycles. The van der Waals surface area contributed by atoms with E-state index in [2.05, 4.69) is 14.6 Å². The van der Waals surface area contributed by atoms with E-state index in [1.54, 1.807) is 28.4 Å². The number of rotatable bonds is 5. The molecule has 2 aliphatic rings. The van der Waals surface area contributed by atoms with Crippen LogP contribution < -0.4 is 10.5 Å². The molecule has 1 amide bonds. The number of aryl methyl sites for hydroxylation is 2. The van der Waals surface area contributed by atoms with Gasteiger partial charge in [0.2, 0.25) is 0 Å². The Morgan fingerprint density at radius 2 is 1.88 bits per heavy atom. The first-order chi connectivity index (χ1) is 16.0. The maximum absolute atomic E-state index is 12.9. The number of hydrogen-bond donors (Lipinski definition) is 1. The summed E-state index contributed by atoms with van der Waals surface area (Å²) in [5.41, 5.74) is 7.80. The van der Waals surface area contributed by atoms with Crippen LogP contribution in [0.2, 0.25) is 0 Å². The van der Waals surface area contributed by atoms with Gasteiger partial charge in [-0.1, -0.05) is 12.1 Å². The van der Waals surface area contributed by atoms with Crippen LogP contribution in [0.25, 0.3) is 10.2 Å². The normalized spacial score (nSPS) is 16.9. The predicted octanol–water partition coefficient (Wildman–Crippen LogP) is 3.71. The molecule has 0 saturated carbocycles. The standard InChI is InChI=1S/C23H25F2N5O2S/c24-23(25)32-16-7-3-1-5-14(16)22(31)30-11-9-29(10-12-30)13-18-27-20(26)19-15-6-2-4-8-17(15)33-21(19)28-18/h1,3,5,7,23H,2,4,6,8-13H2,(H2,26,27,28). The number of para-hydroxylation sites is 1. The van der Waals surface area contributed by atoms with Crippen molar-refractivity contribution < 1.29 is 18.3 Å². The van der Waals surface area contributed by atoms with Gasteiger partial charge in [-0.2, -0.15) is 8.78 Å². The molecule has 3 heterocycles. The average molecular weight is 474 g/mol. The van der Waals surface area contributed by atoms with Crippen LogP contribution in [0.15, 0.2) is 24.3 Å². The molecule has 7 nitrogen and oxygen atoms in total. The summed E-state index contributed by atoms with van der Waals surface area (Å²) >= 11 is 1.73. The van der Waals surface area contributed by atoms with E-state index in [1.165, 1.54) is 35.4 Å². The fourth-order valence-electron chi connectivity index (χ4n) is 4.62. The smallest absolute Gasteiger partial charge is 0.387 e. The third-order valence-corrected chi connectivity index (χ3v) is 7.43. The first kappa shape index (κ1) is 22.0. The van der Waals surface area contributed by atoms with E-state index >= 15 is 0 Å². The van der Waals surface area contributed by atoms with Crippen molar-refractivity contribution >= 4 is 33.3 Å². The molecule has 2 N–H and O–H groups in total. The second-order valence-corrected chi connectivity index (χ2v) is 9.44. The SMILES string of the molecule is Nc1nc(CN2CCN(C(=O)c3ccccc3OC(F)F)CC2)nc2sc3c(c12)CCCC3. The molecular formula is C23H25F2N5O2S. The molecule has 1 saturated heterocycles. The van der Waals surface area contributed by atoms with Crippen LogP contribution in [-0.2, 0) is 19.4 Å². The maximum atomic E-state index is 12.9. The largest absolute Gasteiger partial charge is 0.434 e. The van der Waals surface area contributed by atoms with Gasteiger partial charge in [-0.15, -0.1) is 11.3 Å². The van der Waals surface area contributed by atoms with Crippen molar-refractivity contribution in [3.8, 4) is 5.75 Å². The summed E-state index contributed by atoms with van der Waals surface area (Å²) in [6.07, 6.45) is 4.53. The van der Waals surface area contributed by atoms with Gasteiger partial charge < -0.3 is 15.4 Å². The van der Waals surface area contributed by atoms with Gasteiger partial charge in [-0.25, -0.2) is 9.97 Å². The Morgan fingerprint density at radius 3 is 2.67 bits per heavy atom. The Kier molecular flexibility index (Phi) is 6.11. The number of amides is 1. The van der Waals surface area contributed by atoms with Crippen LogP contribution in [0.5, 0.6) is 5.75 Å². The molecule has 0 radical (unpaired) electrons. The number of benzene rings is 1. The summed E-state index contributed by atoms with van der Waals surface area (Å²) in [6, 6.07) is 6.11. The van der Waals surface area contributed by atoms with E-state index in [0.717, 1.165) is 23.1 Å². The topological polar surface area (TPSA) is 84.6 Å². The fraction of sp³-hybridized carbons (Fsp3) is 0.435. The molecule has 1 aliphatic carbocycles. The molecule has 0 spiro atoms. The number of nitrogens with two attached hydrogens (primary N) is 1. The molecule has 174 valence electrons. The van der Waals surface area contributed by atoms with Crippen molar-refractivity contribution in [1.29, 1.82) is 0 Å². The molecule has 10 heteroatoms. The van der Waals surface area contributed by atoms with Crippen LogP contribution >= 0.6 is 11.3 Å². The number of nitrogen functional groups attached to an aromatic ring is 1. The molecule has 0 unspecified atom stereocenters. The molecule has 2 aromatic heterocycles. The van der Waals surface area contributed by atoms with Gasteiger partial charge in [0.05, 0.1) is 17.5 Å². The predicted molar refractivity (Wildman–Crippen MR) is 123 cm³/mol. The van der Waals surface area contributed by atoms with Crippen LogP contribution in [-0.4, -0.2) is 58.5 Å². The molecule has 33 heavy (non-hydrogen) atoms. The minimum Gasteiger partial charge on any atom is -0.434 e. The highest BCUT2D eigenvalue weighted by molar-refractivity contribution is 7.19. The Labute approximate surface area is 194 Å². The Hall–Kier alpha value is -2.85. The van der Waals surface area contributed by atoms with Gasteiger partial charge in [0.15, 0.2) is 0 Å². The van der Waals surface area contributed by atoms with Gasteiger partial charge in [-0.05, 0) is 43.4 Å². The van der Waals surface area contributed by atoms with Gasteiger partial charge in [0.1, 0.15) is 22.2 Å². The number of piperazine rings is 1. The molecule has 5 rings (SSSR count). The lowest BCUT2D eigenvalue weighted by molar-refractivity contribution is -0.0503. The van der Waals surface area contributed by atoms with Crippen molar-refractivity contribution in [2.75, 3.05) is 31.9 Å². The zero-order valence-corrected chi connectivity index (χ0v) is 18.9. The van der Waals surface area contributed by atoms with Crippen LogP contribution in [0.3, 0.4) is 0 Å². The number of ether oxygens (including phenoxy) is 1. The summed E-state index contributed by atoms with van der Waals surface area (Å²) in [6.45, 7) is -0.206. The number of halogens is 2. The number of alkyl halides is 2. The lowest BCUT2D eigenvalue weighted by Gasteiger charge is -2.34. The van der Waals surface area contributed by atoms with Crippen LogP contribution in [0.4, 0.5) is 14.6 Å². The van der Waals surface area contributed by atoms with E-state index < -0.39 is 6.61 Å². The number of hydrogen-bond acceptors (Lipinski definition) is 7. The van der Waals surface area contributed by atoms with Gasteiger partial charge in [0.25, 0.3) is 5.91 Å². The van der Waals surface area contributed by atoms with E-state index in [-0.39, 0.29) is 17.2 Å². The highest BCUT2D eigenvalue weighted by atomic mass is 32.1. The molecule has 0 atom stereocenters. The first-order valence-electron chi connectivity index (χ1n) is 11.1. The molecule has 0 bridgehead atoms.